The van der Waals surface area contributed by atoms with Gasteiger partial charge in [-0.2, -0.15) is 0 Å². The van der Waals surface area contributed by atoms with E-state index in [4.69, 9.17) is 22.1 Å². The molecule has 1 atom stereocenters. The third-order valence-electron chi connectivity index (χ3n) is 1.76. The molecule has 0 aliphatic heterocycles. The van der Waals surface area contributed by atoms with E-state index in [0.29, 0.717) is 17.3 Å². The van der Waals surface area contributed by atoms with Crippen LogP contribution in [0.4, 0.5) is 4.79 Å². The third-order valence-corrected chi connectivity index (χ3v) is 2.07. The number of nitrogens with two attached hydrogens (primary N) is 1. The van der Waals surface area contributed by atoms with Gasteiger partial charge in [0.15, 0.2) is 5.75 Å². The average Bonchev–Trinajstić information content (AvgIpc) is 2.21. The van der Waals surface area contributed by atoms with Crippen LogP contribution < -0.4 is 15.8 Å². The quantitative estimate of drug-likeness (QED) is 0.829. The molecule has 0 spiro atoms. The summed E-state index contributed by atoms with van der Waals surface area (Å²) in [5.74, 6) is 0.334. The molecule has 0 radical (unpaired) electrons. The van der Waals surface area contributed by atoms with Gasteiger partial charge in [0.05, 0.1) is 5.02 Å². The summed E-state index contributed by atoms with van der Waals surface area (Å²) in [5.41, 5.74) is 5.35. The van der Waals surface area contributed by atoms with E-state index in [0.717, 1.165) is 0 Å². The number of hydrogen-bond acceptors (Lipinski definition) is 3. The number of halogens is 1. The number of rotatable bonds is 3. The second kappa shape index (κ2) is 5.58. The molecular weight excluding hydrogens is 216 g/mol. The molecule has 5 heteroatoms. The smallest absolute Gasteiger partial charge is 0.409 e. The van der Waals surface area contributed by atoms with E-state index in [9.17, 15) is 4.79 Å². The van der Waals surface area contributed by atoms with Gasteiger partial charge in [0.1, 0.15) is 0 Å². The number of benzene rings is 1. The lowest BCUT2D eigenvalue weighted by Crippen LogP contribution is -2.39. The molecule has 3 N–H and O–H groups in total. The van der Waals surface area contributed by atoms with Crippen LogP contribution >= 0.6 is 11.6 Å². The van der Waals surface area contributed by atoms with Crippen molar-refractivity contribution < 1.29 is 9.53 Å². The fourth-order valence-electron chi connectivity index (χ4n) is 0.917. The molecule has 0 fully saturated rings. The largest absolute Gasteiger partial charge is 0.412 e. The fraction of sp³-hybridized carbons (Fsp3) is 0.300. The first-order valence-electron chi connectivity index (χ1n) is 4.56. The molecule has 82 valence electrons. The first-order valence-corrected chi connectivity index (χ1v) is 4.94. The number of amides is 1. The summed E-state index contributed by atoms with van der Waals surface area (Å²) in [6, 6.07) is 6.64. The predicted octanol–water partition coefficient (Wildman–Crippen LogP) is 1.78. The van der Waals surface area contributed by atoms with E-state index in [1.165, 1.54) is 0 Å². The lowest BCUT2D eigenvalue weighted by molar-refractivity contribution is 0.197. The summed E-state index contributed by atoms with van der Waals surface area (Å²) in [7, 11) is 0. The highest BCUT2D eigenvalue weighted by molar-refractivity contribution is 6.32. The Morgan fingerprint density at radius 3 is 2.87 bits per heavy atom. The van der Waals surface area contributed by atoms with Gasteiger partial charge in [-0.3, -0.25) is 0 Å². The number of carbonyl (C=O) groups is 1. The first kappa shape index (κ1) is 11.8. The summed E-state index contributed by atoms with van der Waals surface area (Å²) < 4.78 is 4.98. The van der Waals surface area contributed by atoms with Gasteiger partial charge in [-0.25, -0.2) is 4.79 Å². The van der Waals surface area contributed by atoms with Crippen molar-refractivity contribution in [3.63, 3.8) is 0 Å². The average molecular weight is 229 g/mol. The zero-order valence-corrected chi connectivity index (χ0v) is 9.12. The Bertz CT molecular complexity index is 344. The van der Waals surface area contributed by atoms with Crippen LogP contribution in [-0.2, 0) is 0 Å². The molecule has 0 saturated heterocycles. The highest BCUT2D eigenvalue weighted by Gasteiger charge is 2.09. The minimum atomic E-state index is -0.555. The van der Waals surface area contributed by atoms with Crippen molar-refractivity contribution in [1.82, 2.24) is 5.32 Å². The molecule has 1 aromatic carbocycles. The molecule has 4 nitrogen and oxygen atoms in total. The van der Waals surface area contributed by atoms with Crippen LogP contribution in [0.2, 0.25) is 5.02 Å². The molecule has 0 aliphatic carbocycles. The molecule has 15 heavy (non-hydrogen) atoms. The van der Waals surface area contributed by atoms with Crippen molar-refractivity contribution in [3.8, 4) is 5.75 Å². The highest BCUT2D eigenvalue weighted by Crippen LogP contribution is 2.22. The normalized spacial score (nSPS) is 11.9. The summed E-state index contributed by atoms with van der Waals surface area (Å²) in [5, 5.41) is 2.96. The van der Waals surface area contributed by atoms with Gasteiger partial charge < -0.3 is 15.8 Å². The molecule has 0 saturated carbocycles. The number of carbonyl (C=O) groups excluding carboxylic acids is 1. The summed E-state index contributed by atoms with van der Waals surface area (Å²) in [6.45, 7) is 2.14. The predicted molar refractivity (Wildman–Crippen MR) is 59.1 cm³/mol. The Morgan fingerprint density at radius 1 is 1.60 bits per heavy atom. The van der Waals surface area contributed by atoms with Crippen molar-refractivity contribution >= 4 is 17.7 Å². The fourth-order valence-corrected chi connectivity index (χ4v) is 1.09. The molecule has 1 unspecified atom stereocenters. The molecule has 1 aromatic rings. The number of nitrogens with one attached hydrogen (secondary N) is 1. The topological polar surface area (TPSA) is 64.3 Å². The Hall–Kier alpha value is -1.26. The lowest BCUT2D eigenvalue weighted by atomic mass is 10.3. The first-order chi connectivity index (χ1) is 7.13. The second-order valence-corrected chi connectivity index (χ2v) is 3.51. The number of ether oxygens (including phenoxy) is 1. The van der Waals surface area contributed by atoms with Crippen LogP contribution in [0.1, 0.15) is 6.92 Å². The van der Waals surface area contributed by atoms with Crippen LogP contribution in [0.5, 0.6) is 5.75 Å². The monoisotopic (exact) mass is 228 g/mol. The van der Waals surface area contributed by atoms with Crippen molar-refractivity contribution in [3.05, 3.63) is 29.3 Å². The van der Waals surface area contributed by atoms with Crippen LogP contribution in [0.15, 0.2) is 24.3 Å². The number of hydrogen-bond donors (Lipinski definition) is 2. The van der Waals surface area contributed by atoms with Crippen LogP contribution in [0, 0.1) is 0 Å². The highest BCUT2D eigenvalue weighted by atomic mass is 35.5. The summed E-state index contributed by atoms with van der Waals surface area (Å²) >= 11 is 5.81. The molecule has 0 heterocycles. The molecule has 1 amide bonds. The summed E-state index contributed by atoms with van der Waals surface area (Å²) in [6.07, 6.45) is -0.555. The maximum absolute atomic E-state index is 11.3. The van der Waals surface area contributed by atoms with E-state index in [1.54, 1.807) is 31.2 Å². The Labute approximate surface area is 93.4 Å². The standard InChI is InChI=1S/C10H13ClN2O2/c1-7(6-12)13-10(14)15-9-5-3-2-4-8(9)11/h2-5,7H,6,12H2,1H3,(H,13,14). The van der Waals surface area contributed by atoms with Gasteiger partial charge in [0, 0.05) is 12.6 Å². The van der Waals surface area contributed by atoms with Gasteiger partial charge in [0.25, 0.3) is 0 Å². The Morgan fingerprint density at radius 2 is 2.27 bits per heavy atom. The Kier molecular flexibility index (Phi) is 4.39. The van der Waals surface area contributed by atoms with Crippen LogP contribution in [0.3, 0.4) is 0 Å². The Balaban J connectivity index is 2.55. The zero-order chi connectivity index (χ0) is 11.3. The molecule has 0 aliphatic rings. The van der Waals surface area contributed by atoms with Gasteiger partial charge >= 0.3 is 6.09 Å². The van der Waals surface area contributed by atoms with Gasteiger partial charge in [0.2, 0.25) is 0 Å². The molecule has 1 rings (SSSR count). The minimum absolute atomic E-state index is 0.125. The van der Waals surface area contributed by atoms with Gasteiger partial charge in [-0.1, -0.05) is 23.7 Å². The lowest BCUT2D eigenvalue weighted by Gasteiger charge is -2.11. The van der Waals surface area contributed by atoms with Crippen molar-refractivity contribution in [2.45, 2.75) is 13.0 Å². The van der Waals surface area contributed by atoms with E-state index < -0.39 is 6.09 Å². The SMILES string of the molecule is CC(CN)NC(=O)Oc1ccccc1Cl. The minimum Gasteiger partial charge on any atom is -0.409 e. The third kappa shape index (κ3) is 3.77. The van der Waals surface area contributed by atoms with Crippen LogP contribution in [-0.4, -0.2) is 18.7 Å². The molecule has 0 bridgehead atoms. The summed E-state index contributed by atoms with van der Waals surface area (Å²) in [4.78, 5) is 11.3. The van der Waals surface area contributed by atoms with Crippen molar-refractivity contribution in [1.29, 1.82) is 0 Å². The van der Waals surface area contributed by atoms with Gasteiger partial charge in [-0.15, -0.1) is 0 Å². The second-order valence-electron chi connectivity index (χ2n) is 3.10. The maximum Gasteiger partial charge on any atom is 0.412 e. The van der Waals surface area contributed by atoms with Gasteiger partial charge in [-0.05, 0) is 19.1 Å². The molecular formula is C10H13ClN2O2. The van der Waals surface area contributed by atoms with E-state index in [-0.39, 0.29) is 6.04 Å². The van der Waals surface area contributed by atoms with E-state index in [1.807, 2.05) is 0 Å². The van der Waals surface area contributed by atoms with E-state index >= 15 is 0 Å². The van der Waals surface area contributed by atoms with Crippen molar-refractivity contribution in [2.24, 2.45) is 5.73 Å². The number of para-hydroxylation sites is 1. The zero-order valence-electron chi connectivity index (χ0n) is 8.37. The van der Waals surface area contributed by atoms with E-state index in [2.05, 4.69) is 5.32 Å². The van der Waals surface area contributed by atoms with Crippen LogP contribution in [0.25, 0.3) is 0 Å². The van der Waals surface area contributed by atoms with Crippen molar-refractivity contribution in [2.75, 3.05) is 6.54 Å². The molecule has 0 aromatic heterocycles. The maximum atomic E-state index is 11.3.